The first-order valence-corrected chi connectivity index (χ1v) is 9.25. The minimum absolute atomic E-state index is 0.774. The molecule has 0 bridgehead atoms. The predicted octanol–water partition coefficient (Wildman–Crippen LogP) is 2.84. The highest BCUT2D eigenvalue weighted by Crippen LogP contribution is 2.16. The standard InChI is InChI=1S/C17H30N4S/c1-4-9-21-10-7-15(8-11-21)12-19-17(18-3)20-13-16-6-5-14(2)22-16/h5-6,15H,4,7-13H2,1-3H3,(H2,18,19,20). The highest BCUT2D eigenvalue weighted by atomic mass is 32.1. The summed E-state index contributed by atoms with van der Waals surface area (Å²) in [6, 6.07) is 4.35. The Bertz CT molecular complexity index is 461. The molecule has 22 heavy (non-hydrogen) atoms. The molecular weight excluding hydrogens is 292 g/mol. The molecule has 1 aromatic rings. The number of aryl methyl sites for hydroxylation is 1. The molecule has 0 spiro atoms. The van der Waals surface area contributed by atoms with E-state index in [1.807, 2.05) is 18.4 Å². The number of likely N-dealkylation sites (tertiary alicyclic amines) is 1. The Morgan fingerprint density at radius 1 is 1.32 bits per heavy atom. The first-order valence-electron chi connectivity index (χ1n) is 8.43. The largest absolute Gasteiger partial charge is 0.356 e. The number of aliphatic imine (C=N–C) groups is 1. The molecule has 5 heteroatoms. The molecule has 0 saturated carbocycles. The number of hydrogen-bond acceptors (Lipinski definition) is 3. The fraction of sp³-hybridized carbons (Fsp3) is 0.706. The molecule has 2 N–H and O–H groups in total. The predicted molar refractivity (Wildman–Crippen MR) is 96.7 cm³/mol. The van der Waals surface area contributed by atoms with Crippen molar-refractivity contribution in [3.63, 3.8) is 0 Å². The molecule has 1 saturated heterocycles. The second-order valence-electron chi connectivity index (χ2n) is 6.10. The molecule has 0 radical (unpaired) electrons. The van der Waals surface area contributed by atoms with Crippen LogP contribution in [0.3, 0.4) is 0 Å². The molecule has 1 aliphatic heterocycles. The SMILES string of the molecule is CCCN1CCC(CNC(=NC)NCc2ccc(C)s2)CC1. The van der Waals surface area contributed by atoms with Gasteiger partial charge in [0.1, 0.15) is 0 Å². The number of nitrogens with one attached hydrogen (secondary N) is 2. The number of guanidine groups is 1. The highest BCUT2D eigenvalue weighted by Gasteiger charge is 2.18. The molecule has 1 fully saturated rings. The maximum Gasteiger partial charge on any atom is 0.191 e. The van der Waals surface area contributed by atoms with Crippen molar-refractivity contribution in [3.05, 3.63) is 21.9 Å². The summed E-state index contributed by atoms with van der Waals surface area (Å²) in [5, 5.41) is 6.89. The van der Waals surface area contributed by atoms with E-state index in [1.165, 1.54) is 48.7 Å². The quantitative estimate of drug-likeness (QED) is 0.625. The van der Waals surface area contributed by atoms with Gasteiger partial charge in [0, 0.05) is 23.3 Å². The molecule has 0 atom stereocenters. The third kappa shape index (κ3) is 5.61. The Hall–Kier alpha value is -1.07. The van der Waals surface area contributed by atoms with Crippen LogP contribution in [0.1, 0.15) is 35.9 Å². The van der Waals surface area contributed by atoms with Gasteiger partial charge in [0.05, 0.1) is 6.54 Å². The molecule has 124 valence electrons. The normalized spacial score (nSPS) is 17.7. The van der Waals surface area contributed by atoms with Crippen LogP contribution in [0, 0.1) is 12.8 Å². The van der Waals surface area contributed by atoms with Gasteiger partial charge >= 0.3 is 0 Å². The van der Waals surface area contributed by atoms with Crippen LogP contribution in [-0.2, 0) is 6.54 Å². The van der Waals surface area contributed by atoms with Crippen molar-refractivity contribution in [2.24, 2.45) is 10.9 Å². The molecule has 0 unspecified atom stereocenters. The van der Waals surface area contributed by atoms with E-state index in [9.17, 15) is 0 Å². The van der Waals surface area contributed by atoms with Gasteiger partial charge < -0.3 is 15.5 Å². The van der Waals surface area contributed by atoms with Gasteiger partial charge in [0.2, 0.25) is 0 Å². The van der Waals surface area contributed by atoms with Crippen molar-refractivity contribution in [1.82, 2.24) is 15.5 Å². The van der Waals surface area contributed by atoms with E-state index in [0.29, 0.717) is 0 Å². The molecule has 0 aromatic carbocycles. The van der Waals surface area contributed by atoms with Crippen LogP contribution in [-0.4, -0.2) is 44.1 Å². The van der Waals surface area contributed by atoms with E-state index in [-0.39, 0.29) is 0 Å². The first-order chi connectivity index (χ1) is 10.7. The van der Waals surface area contributed by atoms with Crippen molar-refractivity contribution in [1.29, 1.82) is 0 Å². The molecule has 2 heterocycles. The second-order valence-corrected chi connectivity index (χ2v) is 7.48. The van der Waals surface area contributed by atoms with Gasteiger partial charge in [-0.3, -0.25) is 4.99 Å². The zero-order valence-corrected chi connectivity index (χ0v) is 15.0. The Morgan fingerprint density at radius 3 is 2.68 bits per heavy atom. The number of piperidine rings is 1. The summed E-state index contributed by atoms with van der Waals surface area (Å²) in [4.78, 5) is 9.63. The highest BCUT2D eigenvalue weighted by molar-refractivity contribution is 7.11. The van der Waals surface area contributed by atoms with Gasteiger partial charge in [-0.25, -0.2) is 0 Å². The van der Waals surface area contributed by atoms with Gasteiger partial charge in [-0.15, -0.1) is 11.3 Å². The second kappa shape index (κ2) is 9.16. The van der Waals surface area contributed by atoms with Crippen LogP contribution in [0.2, 0.25) is 0 Å². The lowest BCUT2D eigenvalue weighted by Crippen LogP contribution is -2.42. The summed E-state index contributed by atoms with van der Waals surface area (Å²) in [6.07, 6.45) is 3.86. The average molecular weight is 323 g/mol. The lowest BCUT2D eigenvalue weighted by atomic mass is 9.97. The van der Waals surface area contributed by atoms with Crippen LogP contribution in [0.15, 0.2) is 17.1 Å². The average Bonchev–Trinajstić information content (AvgIpc) is 2.95. The maximum atomic E-state index is 4.33. The molecule has 1 aromatic heterocycles. The van der Waals surface area contributed by atoms with Crippen molar-refractivity contribution >= 4 is 17.3 Å². The maximum absolute atomic E-state index is 4.33. The van der Waals surface area contributed by atoms with Crippen molar-refractivity contribution in [2.75, 3.05) is 33.2 Å². The Kier molecular flexibility index (Phi) is 7.19. The van der Waals surface area contributed by atoms with E-state index in [1.54, 1.807) is 0 Å². The number of thiophene rings is 1. The smallest absolute Gasteiger partial charge is 0.191 e. The van der Waals surface area contributed by atoms with Gasteiger partial charge in [-0.2, -0.15) is 0 Å². The summed E-state index contributed by atoms with van der Waals surface area (Å²) in [7, 11) is 1.85. The fourth-order valence-corrected chi connectivity index (χ4v) is 3.77. The van der Waals surface area contributed by atoms with Crippen LogP contribution in [0.4, 0.5) is 0 Å². The van der Waals surface area contributed by atoms with Crippen LogP contribution >= 0.6 is 11.3 Å². The Morgan fingerprint density at radius 2 is 2.09 bits per heavy atom. The molecular formula is C17H30N4S. The van der Waals surface area contributed by atoms with Crippen LogP contribution < -0.4 is 10.6 Å². The van der Waals surface area contributed by atoms with Gasteiger partial charge in [0.15, 0.2) is 5.96 Å². The minimum atomic E-state index is 0.774. The van der Waals surface area contributed by atoms with Crippen molar-refractivity contribution in [2.45, 2.75) is 39.7 Å². The number of rotatable bonds is 6. The summed E-state index contributed by atoms with van der Waals surface area (Å²) in [6.45, 7) is 10.0. The van der Waals surface area contributed by atoms with E-state index < -0.39 is 0 Å². The summed E-state index contributed by atoms with van der Waals surface area (Å²) < 4.78 is 0. The zero-order valence-electron chi connectivity index (χ0n) is 14.2. The third-order valence-corrected chi connectivity index (χ3v) is 5.26. The lowest BCUT2D eigenvalue weighted by Gasteiger charge is -2.32. The van der Waals surface area contributed by atoms with Gasteiger partial charge in [-0.1, -0.05) is 6.92 Å². The van der Waals surface area contributed by atoms with Crippen LogP contribution in [0.25, 0.3) is 0 Å². The lowest BCUT2D eigenvalue weighted by molar-refractivity contribution is 0.185. The molecule has 2 rings (SSSR count). The van der Waals surface area contributed by atoms with Crippen LogP contribution in [0.5, 0.6) is 0 Å². The first kappa shape index (κ1) is 17.3. The number of nitrogens with zero attached hydrogens (tertiary/aromatic N) is 2. The molecule has 0 amide bonds. The summed E-state index contributed by atoms with van der Waals surface area (Å²) in [5.41, 5.74) is 0. The van der Waals surface area contributed by atoms with E-state index in [0.717, 1.165) is 25.0 Å². The van der Waals surface area contributed by atoms with E-state index >= 15 is 0 Å². The fourth-order valence-electron chi connectivity index (χ4n) is 2.94. The van der Waals surface area contributed by atoms with E-state index in [4.69, 9.17) is 0 Å². The molecule has 4 nitrogen and oxygen atoms in total. The Labute approximate surface area is 139 Å². The number of hydrogen-bond donors (Lipinski definition) is 2. The minimum Gasteiger partial charge on any atom is -0.356 e. The monoisotopic (exact) mass is 322 g/mol. The topological polar surface area (TPSA) is 39.7 Å². The molecule has 1 aliphatic rings. The van der Waals surface area contributed by atoms with Gasteiger partial charge in [0.25, 0.3) is 0 Å². The summed E-state index contributed by atoms with van der Waals surface area (Å²) in [5.74, 6) is 1.69. The summed E-state index contributed by atoms with van der Waals surface area (Å²) >= 11 is 1.84. The zero-order chi connectivity index (χ0) is 15.8. The Balaban J connectivity index is 1.66. The van der Waals surface area contributed by atoms with Gasteiger partial charge in [-0.05, 0) is 63.9 Å². The van der Waals surface area contributed by atoms with Crippen molar-refractivity contribution < 1.29 is 0 Å². The third-order valence-electron chi connectivity index (χ3n) is 4.25. The molecule has 0 aliphatic carbocycles. The van der Waals surface area contributed by atoms with Crippen molar-refractivity contribution in [3.8, 4) is 0 Å². The van der Waals surface area contributed by atoms with E-state index in [2.05, 4.69) is 46.5 Å².